The van der Waals surface area contributed by atoms with Crippen LogP contribution in [0.1, 0.15) is 97.0 Å². The second kappa shape index (κ2) is 9.66. The zero-order valence-corrected chi connectivity index (χ0v) is 23.4. The third-order valence-corrected chi connectivity index (χ3v) is 12.7. The Morgan fingerprint density at radius 1 is 1.05 bits per heavy atom. The van der Waals surface area contributed by atoms with E-state index in [0.29, 0.717) is 41.9 Å². The molecule has 4 aliphatic carbocycles. The molecule has 2 N–H and O–H groups in total. The maximum absolute atomic E-state index is 13.3. The molecule has 1 aromatic carbocycles. The van der Waals surface area contributed by atoms with E-state index < -0.39 is 0 Å². The second-order valence-electron chi connectivity index (χ2n) is 14.2. The van der Waals surface area contributed by atoms with Gasteiger partial charge in [0.25, 0.3) is 0 Å². The molecule has 0 unspecified atom stereocenters. The number of para-hydroxylation sites is 1. The number of hydrogen-bond donors (Lipinski definition) is 2. The molecule has 10 atom stereocenters. The van der Waals surface area contributed by atoms with Crippen molar-refractivity contribution in [1.29, 1.82) is 0 Å². The van der Waals surface area contributed by atoms with Gasteiger partial charge in [0.1, 0.15) is 0 Å². The molecule has 1 aromatic rings. The maximum Gasteiger partial charge on any atom is 0.226 e. The van der Waals surface area contributed by atoms with Crippen molar-refractivity contribution in [2.45, 2.75) is 110 Å². The number of carbonyl (C=O) groups excluding carboxylic acids is 1. The second-order valence-corrected chi connectivity index (χ2v) is 14.2. The van der Waals surface area contributed by atoms with Crippen molar-refractivity contribution >= 4 is 11.6 Å². The number of aliphatic hydroxyl groups is 2. The van der Waals surface area contributed by atoms with E-state index in [1.54, 1.807) is 0 Å². The van der Waals surface area contributed by atoms with E-state index in [2.05, 4.69) is 39.0 Å². The van der Waals surface area contributed by atoms with Gasteiger partial charge in [-0.05, 0) is 129 Å². The van der Waals surface area contributed by atoms with Crippen molar-refractivity contribution in [2.75, 3.05) is 11.4 Å². The van der Waals surface area contributed by atoms with Crippen molar-refractivity contribution in [3.8, 4) is 0 Å². The van der Waals surface area contributed by atoms with Crippen LogP contribution >= 0.6 is 0 Å². The zero-order chi connectivity index (χ0) is 25.9. The van der Waals surface area contributed by atoms with E-state index in [4.69, 9.17) is 0 Å². The number of fused-ring (bicyclic) bond motifs is 6. The number of aryl methyl sites for hydroxylation is 1. The highest BCUT2D eigenvalue weighted by molar-refractivity contribution is 5.94. The summed E-state index contributed by atoms with van der Waals surface area (Å²) in [4.78, 5) is 15.4. The third kappa shape index (κ3) is 4.11. The van der Waals surface area contributed by atoms with Gasteiger partial charge >= 0.3 is 0 Å². The monoisotopic (exact) mass is 507 g/mol. The molecule has 4 fully saturated rings. The molecule has 0 bridgehead atoms. The molecule has 5 aliphatic rings. The van der Waals surface area contributed by atoms with Crippen LogP contribution in [0.25, 0.3) is 0 Å². The van der Waals surface area contributed by atoms with Crippen molar-refractivity contribution in [1.82, 2.24) is 0 Å². The molecule has 0 spiro atoms. The van der Waals surface area contributed by atoms with E-state index in [1.165, 1.54) is 31.2 Å². The Morgan fingerprint density at radius 2 is 1.86 bits per heavy atom. The molecule has 0 aromatic heterocycles. The number of amides is 1. The largest absolute Gasteiger partial charge is 0.393 e. The number of hydrogen-bond acceptors (Lipinski definition) is 3. The van der Waals surface area contributed by atoms with Gasteiger partial charge < -0.3 is 15.1 Å². The van der Waals surface area contributed by atoms with Crippen LogP contribution < -0.4 is 4.90 Å². The normalized spacial score (nSPS) is 43.8. The Morgan fingerprint density at radius 3 is 2.70 bits per heavy atom. The highest BCUT2D eigenvalue weighted by Gasteiger charge is 2.63. The van der Waals surface area contributed by atoms with Crippen LogP contribution in [0.2, 0.25) is 0 Å². The lowest BCUT2D eigenvalue weighted by atomic mass is 9.43. The molecule has 1 amide bonds. The van der Waals surface area contributed by atoms with Crippen LogP contribution in [0.3, 0.4) is 0 Å². The minimum absolute atomic E-state index is 0.0290. The summed E-state index contributed by atoms with van der Waals surface area (Å²) in [5.74, 6) is 3.75. The molecule has 4 heteroatoms. The molecular weight excluding hydrogens is 458 g/mol. The lowest BCUT2D eigenvalue weighted by Crippen LogP contribution is -2.58. The van der Waals surface area contributed by atoms with Crippen molar-refractivity contribution in [3.63, 3.8) is 0 Å². The minimum atomic E-state index is -0.249. The number of nitrogens with zero attached hydrogens (tertiary/aromatic N) is 1. The quantitative estimate of drug-likeness (QED) is 0.498. The SMILES string of the molecule is C[C@H](CCC(=O)N1CCCc2ccccc21)[C@H]1CC[C@H]2[C@@H]3CC[C@@H]4C[C@H](O)CC[C@]4(C)[C@H]3C[C@H](O)[C@]12C. The first kappa shape index (κ1) is 25.9. The van der Waals surface area contributed by atoms with Crippen LogP contribution in [0.15, 0.2) is 24.3 Å². The van der Waals surface area contributed by atoms with E-state index in [1.807, 2.05) is 11.0 Å². The van der Waals surface area contributed by atoms with Gasteiger partial charge in [-0.3, -0.25) is 4.79 Å². The molecule has 0 radical (unpaired) electrons. The van der Waals surface area contributed by atoms with Gasteiger partial charge in [-0.25, -0.2) is 0 Å². The van der Waals surface area contributed by atoms with Gasteiger partial charge in [0.15, 0.2) is 0 Å². The molecule has 0 saturated heterocycles. The highest BCUT2D eigenvalue weighted by Crippen LogP contribution is 2.68. The van der Waals surface area contributed by atoms with Gasteiger partial charge in [-0.1, -0.05) is 39.0 Å². The number of benzene rings is 1. The number of carbonyl (C=O) groups is 1. The molecule has 4 saturated carbocycles. The Bertz CT molecular complexity index is 1010. The molecule has 4 nitrogen and oxygen atoms in total. The third-order valence-electron chi connectivity index (χ3n) is 12.7. The summed E-state index contributed by atoms with van der Waals surface area (Å²) in [6, 6.07) is 8.40. The number of anilines is 1. The first-order chi connectivity index (χ1) is 17.7. The van der Waals surface area contributed by atoms with Crippen LogP contribution in [0.4, 0.5) is 5.69 Å². The summed E-state index contributed by atoms with van der Waals surface area (Å²) < 4.78 is 0. The van der Waals surface area contributed by atoms with Crippen LogP contribution in [-0.4, -0.2) is 34.9 Å². The summed E-state index contributed by atoms with van der Waals surface area (Å²) in [7, 11) is 0. The smallest absolute Gasteiger partial charge is 0.226 e. The van der Waals surface area contributed by atoms with Crippen molar-refractivity contribution in [2.24, 2.45) is 46.3 Å². The van der Waals surface area contributed by atoms with Gasteiger partial charge in [0.2, 0.25) is 5.91 Å². The van der Waals surface area contributed by atoms with E-state index in [0.717, 1.165) is 57.2 Å². The zero-order valence-electron chi connectivity index (χ0n) is 23.4. The molecule has 1 heterocycles. The van der Waals surface area contributed by atoms with Crippen LogP contribution in [0.5, 0.6) is 0 Å². The summed E-state index contributed by atoms with van der Waals surface area (Å²) in [5.41, 5.74) is 2.67. The lowest BCUT2D eigenvalue weighted by Gasteiger charge is -2.62. The van der Waals surface area contributed by atoms with Gasteiger partial charge in [-0.15, -0.1) is 0 Å². The van der Waals surface area contributed by atoms with Gasteiger partial charge in [-0.2, -0.15) is 0 Å². The minimum Gasteiger partial charge on any atom is -0.393 e. The van der Waals surface area contributed by atoms with Crippen molar-refractivity contribution < 1.29 is 15.0 Å². The summed E-state index contributed by atoms with van der Waals surface area (Å²) in [6.45, 7) is 8.10. The van der Waals surface area contributed by atoms with E-state index >= 15 is 0 Å². The average molecular weight is 508 g/mol. The predicted molar refractivity (Wildman–Crippen MR) is 148 cm³/mol. The number of aliphatic hydroxyl groups excluding tert-OH is 2. The van der Waals surface area contributed by atoms with Crippen LogP contribution in [-0.2, 0) is 11.2 Å². The molecule has 204 valence electrons. The maximum atomic E-state index is 13.3. The molecular formula is C33H49NO3. The first-order valence-corrected chi connectivity index (χ1v) is 15.5. The number of rotatable bonds is 4. The molecule has 6 rings (SSSR count). The topological polar surface area (TPSA) is 60.8 Å². The summed E-state index contributed by atoms with van der Waals surface area (Å²) >= 11 is 0. The lowest BCUT2D eigenvalue weighted by molar-refractivity contribution is -0.174. The summed E-state index contributed by atoms with van der Waals surface area (Å²) in [5, 5.41) is 22.2. The average Bonchev–Trinajstić information content (AvgIpc) is 3.26. The van der Waals surface area contributed by atoms with E-state index in [-0.39, 0.29) is 28.9 Å². The van der Waals surface area contributed by atoms with E-state index in [9.17, 15) is 15.0 Å². The fourth-order valence-electron chi connectivity index (χ4n) is 10.6. The first-order valence-electron chi connectivity index (χ1n) is 15.5. The Hall–Kier alpha value is -1.39. The summed E-state index contributed by atoms with van der Waals surface area (Å²) in [6.07, 6.45) is 12.2. The molecule has 1 aliphatic heterocycles. The van der Waals surface area contributed by atoms with Crippen LogP contribution in [0, 0.1) is 46.3 Å². The fourth-order valence-corrected chi connectivity index (χ4v) is 10.6. The van der Waals surface area contributed by atoms with Gasteiger partial charge in [0.05, 0.1) is 12.2 Å². The predicted octanol–water partition coefficient (Wildman–Crippen LogP) is 6.37. The Balaban J connectivity index is 1.14. The van der Waals surface area contributed by atoms with Crippen molar-refractivity contribution in [3.05, 3.63) is 29.8 Å². The fraction of sp³-hybridized carbons (Fsp3) is 0.788. The standard InChI is InChI=1S/C33H49NO3/c1-21(10-15-31(37)34-18-6-8-22-7-4-5-9-29(22)34)26-13-14-27-25-12-11-23-19-24(35)16-17-32(23,2)28(25)20-30(36)33(26,27)3/h4-5,7,9,21,23-28,30,35-36H,6,8,10-20H2,1-3H3/t21-,23-,24-,25+,26-,27+,28+,30+,32+,33-/m1/s1. The highest BCUT2D eigenvalue weighted by atomic mass is 16.3. The Kier molecular flexibility index (Phi) is 6.75. The Labute approximate surface area is 224 Å². The molecule has 37 heavy (non-hydrogen) atoms. The van der Waals surface area contributed by atoms with Gasteiger partial charge in [0, 0.05) is 18.7 Å².